The Hall–Kier alpha value is -0.0800. The summed E-state index contributed by atoms with van der Waals surface area (Å²) in [6, 6.07) is 1.55. The molecule has 0 N–H and O–H groups in total. The van der Waals surface area contributed by atoms with E-state index in [2.05, 4.69) is 30.6 Å². The predicted octanol–water partition coefficient (Wildman–Crippen LogP) is 2.98. The highest BCUT2D eigenvalue weighted by Gasteiger charge is 2.27. The first-order chi connectivity index (χ1) is 8.16. The van der Waals surface area contributed by atoms with Crippen molar-refractivity contribution in [3.63, 3.8) is 0 Å². The zero-order valence-electron chi connectivity index (χ0n) is 12.0. The Morgan fingerprint density at radius 1 is 0.941 bits per heavy atom. The van der Waals surface area contributed by atoms with Gasteiger partial charge in [0.15, 0.2) is 0 Å². The number of piperidine rings is 1. The van der Waals surface area contributed by atoms with Crippen LogP contribution in [0.2, 0.25) is 0 Å². The van der Waals surface area contributed by atoms with Crippen LogP contribution in [-0.4, -0.2) is 48.1 Å². The molecule has 0 spiro atoms. The molecule has 2 heterocycles. The molecule has 2 atom stereocenters. The number of hydrogen-bond donors (Lipinski definition) is 0. The molecule has 2 rings (SSSR count). The lowest BCUT2D eigenvalue weighted by Crippen LogP contribution is -2.39. The Morgan fingerprint density at radius 2 is 1.65 bits per heavy atom. The van der Waals surface area contributed by atoms with Gasteiger partial charge in [-0.1, -0.05) is 6.42 Å². The summed E-state index contributed by atoms with van der Waals surface area (Å²) in [6.45, 7) is 12.5. The maximum Gasteiger partial charge on any atom is 0.00700 e. The molecular formula is C15H30N2. The third-order valence-electron chi connectivity index (χ3n) is 4.74. The maximum atomic E-state index is 2.72. The minimum atomic E-state index is 0.741. The van der Waals surface area contributed by atoms with Crippen molar-refractivity contribution in [2.24, 2.45) is 5.92 Å². The quantitative estimate of drug-likeness (QED) is 0.743. The summed E-state index contributed by atoms with van der Waals surface area (Å²) in [6.07, 6.45) is 7.15. The van der Waals surface area contributed by atoms with Crippen LogP contribution in [-0.2, 0) is 0 Å². The summed E-state index contributed by atoms with van der Waals surface area (Å²) in [4.78, 5) is 5.37. The number of hydrogen-bond acceptors (Lipinski definition) is 2. The van der Waals surface area contributed by atoms with Gasteiger partial charge in [-0.25, -0.2) is 0 Å². The summed E-state index contributed by atoms with van der Waals surface area (Å²) < 4.78 is 0. The van der Waals surface area contributed by atoms with Crippen LogP contribution in [0.5, 0.6) is 0 Å². The molecule has 2 aliphatic rings. The van der Waals surface area contributed by atoms with Gasteiger partial charge in [0.05, 0.1) is 0 Å². The maximum absolute atomic E-state index is 2.72. The molecule has 0 aromatic heterocycles. The van der Waals surface area contributed by atoms with Gasteiger partial charge in [-0.15, -0.1) is 0 Å². The molecule has 0 saturated carbocycles. The third-order valence-corrected chi connectivity index (χ3v) is 4.74. The molecule has 2 aliphatic heterocycles. The molecule has 0 aromatic rings. The largest absolute Gasteiger partial charge is 0.301 e. The van der Waals surface area contributed by atoms with Crippen molar-refractivity contribution in [3.8, 4) is 0 Å². The van der Waals surface area contributed by atoms with Gasteiger partial charge in [0, 0.05) is 18.6 Å². The summed E-state index contributed by atoms with van der Waals surface area (Å²) in [5.41, 5.74) is 0. The predicted molar refractivity (Wildman–Crippen MR) is 74.3 cm³/mol. The molecule has 2 heteroatoms. The second kappa shape index (κ2) is 6.19. The minimum absolute atomic E-state index is 0.741. The molecule has 0 amide bonds. The highest BCUT2D eigenvalue weighted by molar-refractivity contribution is 4.82. The minimum Gasteiger partial charge on any atom is -0.301 e. The van der Waals surface area contributed by atoms with Crippen LogP contribution in [0.15, 0.2) is 0 Å². The first-order valence-corrected chi connectivity index (χ1v) is 7.65. The van der Waals surface area contributed by atoms with Crippen molar-refractivity contribution in [2.45, 2.75) is 65.0 Å². The van der Waals surface area contributed by atoms with Crippen LogP contribution in [0.4, 0.5) is 0 Å². The van der Waals surface area contributed by atoms with Crippen LogP contribution < -0.4 is 0 Å². The highest BCUT2D eigenvalue weighted by atomic mass is 15.2. The molecule has 100 valence electrons. The van der Waals surface area contributed by atoms with E-state index in [-0.39, 0.29) is 0 Å². The van der Waals surface area contributed by atoms with Crippen molar-refractivity contribution in [1.29, 1.82) is 0 Å². The lowest BCUT2D eigenvalue weighted by atomic mass is 9.97. The van der Waals surface area contributed by atoms with Crippen molar-refractivity contribution >= 4 is 0 Å². The highest BCUT2D eigenvalue weighted by Crippen LogP contribution is 2.25. The van der Waals surface area contributed by atoms with Crippen molar-refractivity contribution in [1.82, 2.24) is 9.80 Å². The van der Waals surface area contributed by atoms with Gasteiger partial charge in [0.1, 0.15) is 0 Å². The van der Waals surface area contributed by atoms with E-state index in [4.69, 9.17) is 0 Å². The van der Waals surface area contributed by atoms with E-state index in [1.165, 1.54) is 58.3 Å². The normalized spacial score (nSPS) is 30.0. The lowest BCUT2D eigenvalue weighted by molar-refractivity contribution is 0.150. The van der Waals surface area contributed by atoms with Gasteiger partial charge >= 0.3 is 0 Å². The van der Waals surface area contributed by atoms with Gasteiger partial charge in [-0.3, -0.25) is 0 Å². The van der Waals surface area contributed by atoms with Crippen molar-refractivity contribution in [3.05, 3.63) is 0 Å². The standard InChI is InChI=1S/C15H30N2/c1-13(2)17-10-7-15(12-17)11-14(3)16-8-5-4-6-9-16/h13-15H,4-12H2,1-3H3. The van der Waals surface area contributed by atoms with E-state index < -0.39 is 0 Å². The fourth-order valence-electron chi connectivity index (χ4n) is 3.51. The zero-order chi connectivity index (χ0) is 12.3. The van der Waals surface area contributed by atoms with Gasteiger partial charge in [-0.05, 0) is 72.0 Å². The Morgan fingerprint density at radius 3 is 2.24 bits per heavy atom. The molecule has 2 unspecified atom stereocenters. The Balaban J connectivity index is 1.73. The van der Waals surface area contributed by atoms with E-state index in [0.29, 0.717) is 0 Å². The van der Waals surface area contributed by atoms with Crippen molar-refractivity contribution < 1.29 is 0 Å². The molecule has 2 saturated heterocycles. The Bertz CT molecular complexity index is 221. The molecule has 17 heavy (non-hydrogen) atoms. The van der Waals surface area contributed by atoms with Gasteiger partial charge in [0.25, 0.3) is 0 Å². The molecule has 2 nitrogen and oxygen atoms in total. The summed E-state index contributed by atoms with van der Waals surface area (Å²) in [5, 5.41) is 0. The Labute approximate surface area is 107 Å². The lowest BCUT2D eigenvalue weighted by Gasteiger charge is -2.33. The van der Waals surface area contributed by atoms with Gasteiger partial charge in [-0.2, -0.15) is 0 Å². The summed E-state index contributed by atoms with van der Waals surface area (Å²) in [7, 11) is 0. The van der Waals surface area contributed by atoms with Gasteiger partial charge in [0.2, 0.25) is 0 Å². The molecular weight excluding hydrogens is 208 g/mol. The molecule has 0 bridgehead atoms. The van der Waals surface area contributed by atoms with Crippen LogP contribution in [0.3, 0.4) is 0 Å². The number of likely N-dealkylation sites (tertiary alicyclic amines) is 2. The number of nitrogens with zero attached hydrogens (tertiary/aromatic N) is 2. The first-order valence-electron chi connectivity index (χ1n) is 7.65. The topological polar surface area (TPSA) is 6.48 Å². The second-order valence-electron chi connectivity index (χ2n) is 6.42. The molecule has 2 fully saturated rings. The number of rotatable bonds is 4. The van der Waals surface area contributed by atoms with E-state index in [0.717, 1.165) is 18.0 Å². The molecule has 0 aliphatic carbocycles. The SMILES string of the molecule is CC(C)N1CCC(CC(C)N2CCCCC2)C1. The zero-order valence-corrected chi connectivity index (χ0v) is 12.0. The van der Waals surface area contributed by atoms with Crippen LogP contribution in [0, 0.1) is 5.92 Å². The van der Waals surface area contributed by atoms with E-state index in [1.807, 2.05) is 0 Å². The van der Waals surface area contributed by atoms with Crippen LogP contribution in [0.1, 0.15) is 52.9 Å². The fourth-order valence-corrected chi connectivity index (χ4v) is 3.51. The third kappa shape index (κ3) is 3.69. The van der Waals surface area contributed by atoms with E-state index in [1.54, 1.807) is 0 Å². The average molecular weight is 238 g/mol. The monoisotopic (exact) mass is 238 g/mol. The van der Waals surface area contributed by atoms with Crippen LogP contribution >= 0.6 is 0 Å². The van der Waals surface area contributed by atoms with Crippen LogP contribution in [0.25, 0.3) is 0 Å². The second-order valence-corrected chi connectivity index (χ2v) is 6.42. The Kier molecular flexibility index (Phi) is 4.87. The van der Waals surface area contributed by atoms with Crippen molar-refractivity contribution in [2.75, 3.05) is 26.2 Å². The van der Waals surface area contributed by atoms with E-state index in [9.17, 15) is 0 Å². The summed E-state index contributed by atoms with van der Waals surface area (Å²) >= 11 is 0. The van der Waals surface area contributed by atoms with E-state index >= 15 is 0 Å². The average Bonchev–Trinajstić information content (AvgIpc) is 2.79. The van der Waals surface area contributed by atoms with Gasteiger partial charge < -0.3 is 9.80 Å². The first kappa shape index (κ1) is 13.4. The molecule has 0 aromatic carbocycles. The summed E-state index contributed by atoms with van der Waals surface area (Å²) in [5.74, 6) is 0.953. The smallest absolute Gasteiger partial charge is 0.00700 e. The molecule has 0 radical (unpaired) electrons. The fraction of sp³-hybridized carbons (Fsp3) is 1.00.